The number of hydrogen-bond acceptors (Lipinski definition) is 5. The van der Waals surface area contributed by atoms with Crippen molar-refractivity contribution in [1.29, 1.82) is 0 Å². The van der Waals surface area contributed by atoms with Gasteiger partial charge in [-0.15, -0.1) is 0 Å². The highest BCUT2D eigenvalue weighted by atomic mass is 32.2. The van der Waals surface area contributed by atoms with E-state index in [2.05, 4.69) is 17.1 Å². The summed E-state index contributed by atoms with van der Waals surface area (Å²) >= 11 is 1.74. The molecule has 16 heavy (non-hydrogen) atoms. The third-order valence-corrected chi connectivity index (χ3v) is 5.37. The molecule has 0 aliphatic carbocycles. The normalized spacial score (nSPS) is 23.5. The zero-order chi connectivity index (χ0) is 12.0. The Morgan fingerprint density at radius 1 is 1.44 bits per heavy atom. The smallest absolute Gasteiger partial charge is 0.164 e. The summed E-state index contributed by atoms with van der Waals surface area (Å²) in [7, 11) is -2.94. The third kappa shape index (κ3) is 4.61. The fraction of sp³-hybridized carbons (Fsp3) is 1.00. The molecule has 0 radical (unpaired) electrons. The average Bonchev–Trinajstić information content (AvgIpc) is 2.24. The summed E-state index contributed by atoms with van der Waals surface area (Å²) in [5, 5.41) is 3.03. The Balaban J connectivity index is 2.42. The van der Waals surface area contributed by atoms with Gasteiger partial charge in [-0.2, -0.15) is 11.8 Å². The van der Waals surface area contributed by atoms with Crippen LogP contribution in [0.25, 0.3) is 0 Å². The molecule has 0 spiro atoms. The topological polar surface area (TPSA) is 49.4 Å². The van der Waals surface area contributed by atoms with Gasteiger partial charge in [0.15, 0.2) is 9.84 Å². The largest absolute Gasteiger partial charge is 0.315 e. The molecule has 4 nitrogen and oxygen atoms in total. The highest BCUT2D eigenvalue weighted by Gasteiger charge is 2.30. The Bertz CT molecular complexity index is 293. The van der Waals surface area contributed by atoms with E-state index in [9.17, 15) is 8.42 Å². The van der Waals surface area contributed by atoms with E-state index in [4.69, 9.17) is 0 Å². The molecule has 0 bridgehead atoms. The molecule has 0 aromatic carbocycles. The van der Waals surface area contributed by atoms with Crippen LogP contribution in [0, 0.1) is 0 Å². The van der Waals surface area contributed by atoms with Crippen LogP contribution in [0.2, 0.25) is 0 Å². The van der Waals surface area contributed by atoms with E-state index < -0.39 is 9.84 Å². The van der Waals surface area contributed by atoms with Gasteiger partial charge in [0.2, 0.25) is 0 Å². The molecule has 1 saturated heterocycles. The lowest BCUT2D eigenvalue weighted by molar-refractivity contribution is 0.270. The molecule has 6 heteroatoms. The zero-order valence-corrected chi connectivity index (χ0v) is 11.7. The summed E-state index contributed by atoms with van der Waals surface area (Å²) in [4.78, 5) is 2.09. The van der Waals surface area contributed by atoms with E-state index in [0.717, 1.165) is 38.4 Å². The first kappa shape index (κ1) is 14.3. The molecular weight excluding hydrogens is 244 g/mol. The summed E-state index contributed by atoms with van der Waals surface area (Å²) < 4.78 is 23.2. The molecule has 1 N–H and O–H groups in total. The van der Waals surface area contributed by atoms with Crippen molar-refractivity contribution in [3.05, 3.63) is 0 Å². The van der Waals surface area contributed by atoms with Gasteiger partial charge in [-0.25, -0.2) is 8.42 Å². The lowest BCUT2D eigenvalue weighted by Gasteiger charge is -2.33. The van der Waals surface area contributed by atoms with Gasteiger partial charge in [0.25, 0.3) is 0 Å². The van der Waals surface area contributed by atoms with E-state index in [1.807, 2.05) is 0 Å². The Morgan fingerprint density at radius 2 is 2.19 bits per heavy atom. The highest BCUT2D eigenvalue weighted by Crippen LogP contribution is 2.19. The van der Waals surface area contributed by atoms with E-state index >= 15 is 0 Å². The maximum Gasteiger partial charge on any atom is 0.164 e. The van der Waals surface area contributed by atoms with Crippen molar-refractivity contribution < 1.29 is 8.42 Å². The van der Waals surface area contributed by atoms with Gasteiger partial charge in [-0.05, 0) is 13.0 Å². The number of hydrogen-bond donors (Lipinski definition) is 1. The molecule has 0 amide bonds. The first-order valence-electron chi connectivity index (χ1n) is 5.77. The predicted octanol–water partition coefficient (Wildman–Crippen LogP) is 0.406. The first-order valence-corrected chi connectivity index (χ1v) is 8.88. The lowest BCUT2D eigenvalue weighted by atomic mass is 10.4. The molecule has 1 unspecified atom stereocenters. The fourth-order valence-electron chi connectivity index (χ4n) is 1.79. The van der Waals surface area contributed by atoms with Crippen molar-refractivity contribution in [2.75, 3.05) is 43.9 Å². The van der Waals surface area contributed by atoms with E-state index in [0.29, 0.717) is 5.75 Å². The van der Waals surface area contributed by atoms with Crippen LogP contribution in [0.1, 0.15) is 13.3 Å². The van der Waals surface area contributed by atoms with E-state index in [1.54, 1.807) is 11.8 Å². The van der Waals surface area contributed by atoms with Gasteiger partial charge in [0, 0.05) is 37.4 Å². The molecule has 1 aliphatic heterocycles. The average molecular weight is 266 g/mol. The van der Waals surface area contributed by atoms with Crippen molar-refractivity contribution >= 4 is 21.6 Å². The minimum atomic E-state index is -2.94. The second-order valence-electron chi connectivity index (χ2n) is 4.15. The predicted molar refractivity (Wildman–Crippen MR) is 70.7 cm³/mol. The standard InChI is InChI=1S/C10H22N2O2S2/c1-3-4-11-5-6-12-7-8-15-9-10(12)16(2,13)14/h10-11H,3-9H2,1-2H3. The minimum Gasteiger partial charge on any atom is -0.315 e. The van der Waals surface area contributed by atoms with Crippen LogP contribution in [-0.2, 0) is 9.84 Å². The zero-order valence-electron chi connectivity index (χ0n) is 10.1. The maximum atomic E-state index is 11.6. The van der Waals surface area contributed by atoms with Crippen molar-refractivity contribution in [2.24, 2.45) is 0 Å². The van der Waals surface area contributed by atoms with Crippen molar-refractivity contribution in [1.82, 2.24) is 10.2 Å². The van der Waals surface area contributed by atoms with Crippen LogP contribution in [0.15, 0.2) is 0 Å². The van der Waals surface area contributed by atoms with E-state index in [1.165, 1.54) is 6.26 Å². The van der Waals surface area contributed by atoms with Gasteiger partial charge in [0.1, 0.15) is 5.37 Å². The van der Waals surface area contributed by atoms with Gasteiger partial charge in [-0.1, -0.05) is 6.92 Å². The SMILES string of the molecule is CCCNCCN1CCSCC1S(C)(=O)=O. The molecule has 96 valence electrons. The minimum absolute atomic E-state index is 0.283. The monoisotopic (exact) mass is 266 g/mol. The molecule has 0 saturated carbocycles. The Labute approximate surface area is 103 Å². The van der Waals surface area contributed by atoms with Crippen molar-refractivity contribution in [2.45, 2.75) is 18.7 Å². The highest BCUT2D eigenvalue weighted by molar-refractivity contribution is 8.00. The number of nitrogens with one attached hydrogen (secondary N) is 1. The number of thioether (sulfide) groups is 1. The molecule has 1 atom stereocenters. The van der Waals surface area contributed by atoms with Crippen LogP contribution in [-0.4, -0.2) is 62.6 Å². The molecular formula is C10H22N2O2S2. The molecule has 0 aromatic heterocycles. The molecule has 1 aliphatic rings. The van der Waals surface area contributed by atoms with Gasteiger partial charge in [0.05, 0.1) is 0 Å². The van der Waals surface area contributed by atoms with Crippen LogP contribution in [0.3, 0.4) is 0 Å². The maximum absolute atomic E-state index is 11.6. The van der Waals surface area contributed by atoms with Gasteiger partial charge in [-0.3, -0.25) is 4.90 Å². The lowest BCUT2D eigenvalue weighted by Crippen LogP contribution is -2.49. The van der Waals surface area contributed by atoms with Crippen molar-refractivity contribution in [3.63, 3.8) is 0 Å². The molecule has 1 heterocycles. The van der Waals surface area contributed by atoms with Crippen LogP contribution in [0.5, 0.6) is 0 Å². The second-order valence-corrected chi connectivity index (χ2v) is 7.50. The second kappa shape index (κ2) is 6.83. The molecule has 1 fully saturated rings. The molecule has 0 aromatic rings. The Kier molecular flexibility index (Phi) is 6.10. The summed E-state index contributed by atoms with van der Waals surface area (Å²) in [6.45, 7) is 5.73. The summed E-state index contributed by atoms with van der Waals surface area (Å²) in [6, 6.07) is 0. The Morgan fingerprint density at radius 3 is 2.81 bits per heavy atom. The van der Waals surface area contributed by atoms with Crippen LogP contribution < -0.4 is 5.32 Å². The quantitative estimate of drug-likeness (QED) is 0.706. The van der Waals surface area contributed by atoms with Gasteiger partial charge < -0.3 is 5.32 Å². The van der Waals surface area contributed by atoms with Crippen molar-refractivity contribution in [3.8, 4) is 0 Å². The number of rotatable bonds is 6. The van der Waals surface area contributed by atoms with Gasteiger partial charge >= 0.3 is 0 Å². The van der Waals surface area contributed by atoms with Crippen LogP contribution in [0.4, 0.5) is 0 Å². The summed E-state index contributed by atoms with van der Waals surface area (Å²) in [6.07, 6.45) is 2.46. The third-order valence-electron chi connectivity index (χ3n) is 2.69. The fourth-order valence-corrected chi connectivity index (χ4v) is 4.76. The van der Waals surface area contributed by atoms with E-state index in [-0.39, 0.29) is 5.37 Å². The molecule has 1 rings (SSSR count). The number of nitrogens with zero attached hydrogens (tertiary/aromatic N) is 1. The first-order chi connectivity index (χ1) is 7.55. The number of sulfone groups is 1. The summed E-state index contributed by atoms with van der Waals surface area (Å²) in [5.74, 6) is 1.76. The van der Waals surface area contributed by atoms with Crippen LogP contribution >= 0.6 is 11.8 Å². The Hall–Kier alpha value is 0.220. The summed E-state index contributed by atoms with van der Waals surface area (Å²) in [5.41, 5.74) is 0.